The molecule has 0 saturated heterocycles. The van der Waals surface area contributed by atoms with Crippen LogP contribution >= 0.6 is 0 Å². The lowest BCUT2D eigenvalue weighted by atomic mass is 10.3. The van der Waals surface area contributed by atoms with Crippen molar-refractivity contribution in [2.75, 3.05) is 13.2 Å². The molecule has 1 heterocycles. The number of benzene rings is 1. The van der Waals surface area contributed by atoms with Gasteiger partial charge in [0.05, 0.1) is 0 Å². The van der Waals surface area contributed by atoms with Crippen LogP contribution < -0.4 is 9.47 Å². The second kappa shape index (κ2) is 3.30. The molecule has 0 N–H and O–H groups in total. The molecule has 0 aliphatic carbocycles. The Morgan fingerprint density at radius 2 is 1.33 bits per heavy atom. The molecule has 0 saturated carbocycles. The Morgan fingerprint density at radius 1 is 0.833 bits per heavy atom. The topological polar surface area (TPSA) is 18.5 Å². The van der Waals surface area contributed by atoms with Crippen LogP contribution in [-0.4, -0.2) is 13.2 Å². The van der Waals surface area contributed by atoms with Gasteiger partial charge in [0, 0.05) is 0 Å². The first-order valence-corrected chi connectivity index (χ1v) is 3.96. The lowest BCUT2D eigenvalue weighted by molar-refractivity contribution is 0.297. The van der Waals surface area contributed by atoms with Gasteiger partial charge in [-0.2, -0.15) is 0 Å². The summed E-state index contributed by atoms with van der Waals surface area (Å²) < 4.78 is 10.8. The highest BCUT2D eigenvalue weighted by Gasteiger charge is 2.03. The molecule has 0 fully saturated rings. The Balaban J connectivity index is 2.29. The van der Waals surface area contributed by atoms with Crippen molar-refractivity contribution in [3.05, 3.63) is 36.4 Å². The summed E-state index contributed by atoms with van der Waals surface area (Å²) in [6, 6.07) is 7.70. The van der Waals surface area contributed by atoms with Crippen molar-refractivity contribution in [1.29, 1.82) is 0 Å². The maximum absolute atomic E-state index is 5.42. The van der Waals surface area contributed by atoms with Crippen molar-refractivity contribution in [1.82, 2.24) is 0 Å². The summed E-state index contributed by atoms with van der Waals surface area (Å²) in [5.41, 5.74) is 0. The first-order chi connectivity index (χ1) is 5.97. The average Bonchev–Trinajstić information content (AvgIpc) is 2.06. The Labute approximate surface area is 71.4 Å². The van der Waals surface area contributed by atoms with Crippen molar-refractivity contribution in [2.45, 2.75) is 0 Å². The van der Waals surface area contributed by atoms with Crippen LogP contribution in [0.5, 0.6) is 11.5 Å². The molecule has 62 valence electrons. The third kappa shape index (κ3) is 1.42. The smallest absolute Gasteiger partial charge is 0.161 e. The normalized spacial score (nSPS) is 17.7. The van der Waals surface area contributed by atoms with E-state index in [9.17, 15) is 0 Å². The van der Waals surface area contributed by atoms with Crippen LogP contribution in [0.15, 0.2) is 36.4 Å². The predicted octanol–water partition coefficient (Wildman–Crippen LogP) is 2.01. The fourth-order valence-corrected chi connectivity index (χ4v) is 1.10. The largest absolute Gasteiger partial charge is 0.486 e. The third-order valence-electron chi connectivity index (χ3n) is 1.69. The van der Waals surface area contributed by atoms with Crippen LogP contribution in [0.1, 0.15) is 0 Å². The molecule has 1 aliphatic rings. The summed E-state index contributed by atoms with van der Waals surface area (Å²) >= 11 is 0. The Morgan fingerprint density at radius 3 is 1.83 bits per heavy atom. The second-order valence-corrected chi connectivity index (χ2v) is 2.54. The lowest BCUT2D eigenvalue weighted by Crippen LogP contribution is -2.03. The van der Waals surface area contributed by atoms with Gasteiger partial charge in [0.2, 0.25) is 0 Å². The highest BCUT2D eigenvalue weighted by atomic mass is 16.5. The minimum Gasteiger partial charge on any atom is -0.486 e. The molecule has 1 aliphatic heterocycles. The molecule has 2 heteroatoms. The van der Waals surface area contributed by atoms with Crippen LogP contribution in [-0.2, 0) is 0 Å². The molecule has 2 rings (SSSR count). The summed E-state index contributed by atoms with van der Waals surface area (Å²) in [7, 11) is 0. The van der Waals surface area contributed by atoms with Gasteiger partial charge in [-0.25, -0.2) is 0 Å². The van der Waals surface area contributed by atoms with Crippen LogP contribution in [0.25, 0.3) is 0 Å². The first kappa shape index (κ1) is 7.22. The average molecular weight is 162 g/mol. The molecule has 2 nitrogen and oxygen atoms in total. The second-order valence-electron chi connectivity index (χ2n) is 2.54. The van der Waals surface area contributed by atoms with Gasteiger partial charge in [0.25, 0.3) is 0 Å². The Hall–Kier alpha value is -1.44. The molecule has 12 heavy (non-hydrogen) atoms. The fraction of sp³-hybridized carbons (Fsp3) is 0.200. The number of fused-ring (bicyclic) bond motifs is 1. The molecule has 0 aromatic heterocycles. The molecular formula is C10H10O2. The number of rotatable bonds is 0. The molecule has 0 amide bonds. The molecule has 1 aromatic rings. The van der Waals surface area contributed by atoms with Crippen molar-refractivity contribution < 1.29 is 9.47 Å². The highest BCUT2D eigenvalue weighted by Crippen LogP contribution is 2.26. The summed E-state index contributed by atoms with van der Waals surface area (Å²) in [4.78, 5) is 0. The molecule has 0 radical (unpaired) electrons. The van der Waals surface area contributed by atoms with Crippen molar-refractivity contribution in [3.63, 3.8) is 0 Å². The highest BCUT2D eigenvalue weighted by molar-refractivity contribution is 5.39. The van der Waals surface area contributed by atoms with Crippen LogP contribution in [0.4, 0.5) is 0 Å². The Bertz CT molecular complexity index is 263. The van der Waals surface area contributed by atoms with Gasteiger partial charge >= 0.3 is 0 Å². The zero-order valence-corrected chi connectivity index (χ0v) is 6.69. The lowest BCUT2D eigenvalue weighted by Gasteiger charge is -2.12. The number of para-hydroxylation sites is 2. The molecule has 0 bridgehead atoms. The van der Waals surface area contributed by atoms with E-state index in [1.54, 1.807) is 0 Å². The summed E-state index contributed by atoms with van der Waals surface area (Å²) in [6.45, 7) is 1.25. The monoisotopic (exact) mass is 162 g/mol. The van der Waals surface area contributed by atoms with Crippen molar-refractivity contribution in [3.8, 4) is 11.5 Å². The molecular weight excluding hydrogens is 152 g/mol. The summed E-state index contributed by atoms with van der Waals surface area (Å²) in [5.74, 6) is 1.64. The number of ether oxygens (including phenoxy) is 2. The van der Waals surface area contributed by atoms with Crippen molar-refractivity contribution >= 4 is 0 Å². The zero-order chi connectivity index (χ0) is 8.23. The van der Waals surface area contributed by atoms with Gasteiger partial charge in [-0.3, -0.25) is 0 Å². The van der Waals surface area contributed by atoms with Crippen LogP contribution in [0.2, 0.25) is 0 Å². The first-order valence-electron chi connectivity index (χ1n) is 3.96. The van der Waals surface area contributed by atoms with Crippen LogP contribution in [0.3, 0.4) is 0 Å². The van der Waals surface area contributed by atoms with Gasteiger partial charge < -0.3 is 9.47 Å². The van der Waals surface area contributed by atoms with Gasteiger partial charge in [0.1, 0.15) is 13.2 Å². The van der Waals surface area contributed by atoms with Gasteiger partial charge in [-0.05, 0) is 24.3 Å². The molecule has 0 atom stereocenters. The summed E-state index contributed by atoms with van der Waals surface area (Å²) in [5, 5.41) is 0. The standard InChI is InChI=1S/C10H10O2/c1-2-6-10-9(5-1)11-7-3-4-8-12-10/h1-6H,7-8H2/b4-3-. The van der Waals surface area contributed by atoms with Gasteiger partial charge in [-0.1, -0.05) is 12.1 Å². The minimum absolute atomic E-state index is 0.625. The SMILES string of the molecule is C1=C\COc2ccccc2OC/1. The van der Waals surface area contributed by atoms with E-state index < -0.39 is 0 Å². The van der Waals surface area contributed by atoms with Gasteiger partial charge in [0.15, 0.2) is 11.5 Å². The van der Waals surface area contributed by atoms with E-state index in [4.69, 9.17) is 9.47 Å². The Kier molecular flexibility index (Phi) is 1.99. The van der Waals surface area contributed by atoms with Crippen LogP contribution in [0, 0.1) is 0 Å². The number of hydrogen-bond acceptors (Lipinski definition) is 2. The fourth-order valence-electron chi connectivity index (χ4n) is 1.10. The molecule has 1 aromatic carbocycles. The van der Waals surface area contributed by atoms with E-state index in [-0.39, 0.29) is 0 Å². The van der Waals surface area contributed by atoms with E-state index >= 15 is 0 Å². The summed E-state index contributed by atoms with van der Waals surface area (Å²) in [6.07, 6.45) is 3.91. The van der Waals surface area contributed by atoms with E-state index in [1.807, 2.05) is 36.4 Å². The van der Waals surface area contributed by atoms with Gasteiger partial charge in [-0.15, -0.1) is 0 Å². The quantitative estimate of drug-likeness (QED) is 0.543. The van der Waals surface area contributed by atoms with Crippen molar-refractivity contribution in [2.24, 2.45) is 0 Å². The maximum atomic E-state index is 5.42. The predicted molar refractivity (Wildman–Crippen MR) is 46.6 cm³/mol. The minimum atomic E-state index is 0.625. The van der Waals surface area contributed by atoms with E-state index in [0.717, 1.165) is 11.5 Å². The third-order valence-corrected chi connectivity index (χ3v) is 1.69. The van der Waals surface area contributed by atoms with E-state index in [2.05, 4.69) is 0 Å². The maximum Gasteiger partial charge on any atom is 0.161 e. The molecule has 0 spiro atoms. The zero-order valence-electron chi connectivity index (χ0n) is 6.69. The molecule has 0 unspecified atom stereocenters. The number of hydrogen-bond donors (Lipinski definition) is 0. The van der Waals surface area contributed by atoms with E-state index in [0.29, 0.717) is 13.2 Å². The van der Waals surface area contributed by atoms with E-state index in [1.165, 1.54) is 0 Å².